The lowest BCUT2D eigenvalue weighted by Gasteiger charge is -2.38. The number of aromatic nitrogens is 1. The molecule has 0 aliphatic rings. The smallest absolute Gasteiger partial charge is 0.146 e. The van der Waals surface area contributed by atoms with Gasteiger partial charge in [0.25, 0.3) is 0 Å². The Hall–Kier alpha value is -2.05. The third-order valence-corrected chi connectivity index (χ3v) is 11.7. The lowest BCUT2D eigenvalue weighted by molar-refractivity contribution is 0.838. The van der Waals surface area contributed by atoms with Crippen LogP contribution in [-0.4, -0.2) is 13.1 Å². The molecule has 2 aromatic rings. The van der Waals surface area contributed by atoms with Gasteiger partial charge in [-0.15, -0.1) is 5.54 Å². The van der Waals surface area contributed by atoms with Crippen LogP contribution in [0.5, 0.6) is 0 Å². The first-order valence-corrected chi connectivity index (χ1v) is 11.8. The van der Waals surface area contributed by atoms with Crippen molar-refractivity contribution in [1.82, 2.24) is 4.98 Å². The lowest BCUT2D eigenvalue weighted by Crippen LogP contribution is -2.43. The molecule has 1 heterocycles. The highest BCUT2D eigenvalue weighted by molar-refractivity contribution is 6.90. The fraction of sp³-hybridized carbons (Fsp3) is 0.435. The van der Waals surface area contributed by atoms with Crippen LogP contribution in [0.2, 0.25) is 16.6 Å². The van der Waals surface area contributed by atoms with E-state index >= 15 is 0 Å². The molecule has 1 aromatic carbocycles. The molecule has 1 N–H and O–H groups in total. The van der Waals surface area contributed by atoms with Crippen LogP contribution in [0.15, 0.2) is 42.6 Å². The number of nitrogens with zero attached hydrogens (tertiary/aromatic N) is 1. The highest BCUT2D eigenvalue weighted by Crippen LogP contribution is 2.40. The summed E-state index contributed by atoms with van der Waals surface area (Å²) < 4.78 is 0. The van der Waals surface area contributed by atoms with E-state index in [1.165, 1.54) is 5.56 Å². The summed E-state index contributed by atoms with van der Waals surface area (Å²) in [5, 5.41) is 3.44. The summed E-state index contributed by atoms with van der Waals surface area (Å²) >= 11 is 0. The van der Waals surface area contributed by atoms with Crippen molar-refractivity contribution in [3.8, 4) is 11.5 Å². The first kappa shape index (κ1) is 20.3. The maximum Gasteiger partial charge on any atom is 0.146 e. The molecule has 0 saturated carbocycles. The van der Waals surface area contributed by atoms with Gasteiger partial charge in [0.05, 0.1) is 5.69 Å². The van der Waals surface area contributed by atoms with Gasteiger partial charge in [-0.25, -0.2) is 4.98 Å². The molecule has 0 unspecified atom stereocenters. The Balaban J connectivity index is 2.48. The molecule has 138 valence electrons. The topological polar surface area (TPSA) is 24.9 Å². The molecule has 0 atom stereocenters. The SMILES string of the molecule is Cc1ccc(C#C[Si](C(C)C)(C(C)C)C(C)C)c(Nc2ccccn2)c1. The van der Waals surface area contributed by atoms with Crippen molar-refractivity contribution in [2.24, 2.45) is 0 Å². The molecular weight excluding hydrogens is 332 g/mol. The Kier molecular flexibility index (Phi) is 6.67. The molecule has 0 spiro atoms. The highest BCUT2D eigenvalue weighted by Gasteiger charge is 2.41. The maximum atomic E-state index is 4.39. The summed E-state index contributed by atoms with van der Waals surface area (Å²) in [6.07, 6.45) is 1.80. The largest absolute Gasteiger partial charge is 0.339 e. The van der Waals surface area contributed by atoms with Crippen molar-refractivity contribution in [1.29, 1.82) is 0 Å². The van der Waals surface area contributed by atoms with Crippen molar-refractivity contribution >= 4 is 19.6 Å². The molecule has 0 amide bonds. The molecule has 0 radical (unpaired) electrons. The Labute approximate surface area is 160 Å². The number of rotatable bonds is 5. The van der Waals surface area contributed by atoms with Crippen molar-refractivity contribution in [3.63, 3.8) is 0 Å². The second-order valence-electron chi connectivity index (χ2n) is 8.04. The quantitative estimate of drug-likeness (QED) is 0.471. The van der Waals surface area contributed by atoms with Crippen molar-refractivity contribution in [2.75, 3.05) is 5.32 Å². The summed E-state index contributed by atoms with van der Waals surface area (Å²) in [5.74, 6) is 4.42. The van der Waals surface area contributed by atoms with Crippen LogP contribution in [-0.2, 0) is 0 Å². The van der Waals surface area contributed by atoms with Crippen molar-refractivity contribution in [3.05, 3.63) is 53.7 Å². The van der Waals surface area contributed by atoms with Gasteiger partial charge in [-0.05, 0) is 53.4 Å². The van der Waals surface area contributed by atoms with Gasteiger partial charge in [-0.1, -0.05) is 59.6 Å². The maximum absolute atomic E-state index is 4.39. The van der Waals surface area contributed by atoms with E-state index in [-0.39, 0.29) is 0 Å². The molecular formula is C23H32N2Si. The zero-order valence-corrected chi connectivity index (χ0v) is 18.2. The van der Waals surface area contributed by atoms with Crippen LogP contribution in [0.25, 0.3) is 0 Å². The summed E-state index contributed by atoms with van der Waals surface area (Å²) in [7, 11) is -1.74. The van der Waals surface area contributed by atoms with Gasteiger partial charge >= 0.3 is 0 Å². The van der Waals surface area contributed by atoms with Crippen LogP contribution in [0.3, 0.4) is 0 Å². The molecule has 1 aromatic heterocycles. The van der Waals surface area contributed by atoms with E-state index in [1.807, 2.05) is 18.2 Å². The molecule has 3 heteroatoms. The second kappa shape index (κ2) is 8.55. The zero-order valence-electron chi connectivity index (χ0n) is 17.2. The number of pyridine rings is 1. The Morgan fingerprint density at radius 2 is 1.58 bits per heavy atom. The van der Waals surface area contributed by atoms with E-state index in [1.54, 1.807) is 6.20 Å². The average Bonchev–Trinajstić information content (AvgIpc) is 2.57. The van der Waals surface area contributed by atoms with Gasteiger partial charge in [0.1, 0.15) is 13.9 Å². The van der Waals surface area contributed by atoms with Gasteiger partial charge in [0, 0.05) is 11.8 Å². The van der Waals surface area contributed by atoms with Crippen molar-refractivity contribution < 1.29 is 0 Å². The first-order chi connectivity index (χ1) is 12.3. The van der Waals surface area contributed by atoms with Crippen LogP contribution in [0.4, 0.5) is 11.5 Å². The summed E-state index contributed by atoms with van der Waals surface area (Å²) in [5.41, 5.74) is 9.03. The average molecular weight is 365 g/mol. The Morgan fingerprint density at radius 1 is 0.923 bits per heavy atom. The molecule has 2 rings (SSSR count). The zero-order chi connectivity index (χ0) is 19.3. The number of hydrogen-bond donors (Lipinski definition) is 1. The van der Waals surface area contributed by atoms with Gasteiger partial charge in [0.2, 0.25) is 0 Å². The first-order valence-electron chi connectivity index (χ1n) is 9.59. The molecule has 0 bridgehead atoms. The number of aryl methyl sites for hydroxylation is 1. The second-order valence-corrected chi connectivity index (χ2v) is 13.6. The van der Waals surface area contributed by atoms with Gasteiger partial charge in [0.15, 0.2) is 0 Å². The van der Waals surface area contributed by atoms with E-state index in [2.05, 4.69) is 88.4 Å². The fourth-order valence-corrected chi connectivity index (χ4v) is 9.27. The fourth-order valence-electron chi connectivity index (χ4n) is 4.05. The van der Waals surface area contributed by atoms with Gasteiger partial charge in [-0.2, -0.15) is 0 Å². The Morgan fingerprint density at radius 3 is 2.12 bits per heavy atom. The Bertz CT molecular complexity index is 761. The third-order valence-electron chi connectivity index (χ3n) is 5.38. The third kappa shape index (κ3) is 4.37. The van der Waals surface area contributed by atoms with Crippen LogP contribution in [0, 0.1) is 18.4 Å². The molecule has 0 aliphatic carbocycles. The van der Waals surface area contributed by atoms with Crippen LogP contribution >= 0.6 is 0 Å². The number of anilines is 2. The number of benzene rings is 1. The predicted molar refractivity (Wildman–Crippen MR) is 117 cm³/mol. The highest BCUT2D eigenvalue weighted by atomic mass is 28.3. The van der Waals surface area contributed by atoms with Crippen LogP contribution in [0.1, 0.15) is 52.7 Å². The van der Waals surface area contributed by atoms with Crippen LogP contribution < -0.4 is 5.32 Å². The summed E-state index contributed by atoms with van der Waals surface area (Å²) in [6, 6.07) is 12.3. The summed E-state index contributed by atoms with van der Waals surface area (Å²) in [6.45, 7) is 16.2. The standard InChI is InChI=1S/C23H32N2Si/c1-17(2)26(18(3)4,19(5)6)15-13-21-12-11-20(7)16-22(21)25-23-10-8-9-14-24-23/h8-12,14,16-19H,1-7H3,(H,24,25). The van der Waals surface area contributed by atoms with E-state index in [0.29, 0.717) is 16.6 Å². The van der Waals surface area contributed by atoms with Crippen molar-refractivity contribution in [2.45, 2.75) is 65.1 Å². The minimum atomic E-state index is -1.74. The number of hydrogen-bond acceptors (Lipinski definition) is 2. The van der Waals surface area contributed by atoms with E-state index in [9.17, 15) is 0 Å². The molecule has 0 aliphatic heterocycles. The molecule has 0 saturated heterocycles. The van der Waals surface area contributed by atoms with Gasteiger partial charge in [-0.3, -0.25) is 0 Å². The molecule has 0 fully saturated rings. The molecule has 26 heavy (non-hydrogen) atoms. The van der Waals surface area contributed by atoms with E-state index in [0.717, 1.165) is 17.1 Å². The predicted octanol–water partition coefficient (Wildman–Crippen LogP) is 6.70. The number of nitrogens with one attached hydrogen (secondary N) is 1. The van der Waals surface area contributed by atoms with E-state index < -0.39 is 8.07 Å². The molecule has 2 nitrogen and oxygen atoms in total. The van der Waals surface area contributed by atoms with E-state index in [4.69, 9.17) is 0 Å². The minimum absolute atomic E-state index is 0.632. The monoisotopic (exact) mass is 364 g/mol. The summed E-state index contributed by atoms with van der Waals surface area (Å²) in [4.78, 5) is 4.39. The lowest BCUT2D eigenvalue weighted by atomic mass is 10.1. The van der Waals surface area contributed by atoms with Gasteiger partial charge < -0.3 is 5.32 Å². The normalized spacial score (nSPS) is 11.6. The minimum Gasteiger partial charge on any atom is -0.339 e.